The normalized spacial score (nSPS) is 13.1. The summed E-state index contributed by atoms with van der Waals surface area (Å²) < 4.78 is 28.2. The Morgan fingerprint density at radius 3 is 0.605 bits per heavy atom. The first-order valence-corrected chi connectivity index (χ1v) is 28.9. The molecule has 0 aromatic heterocycles. The maximum atomic E-state index is 11.9. The number of carbonyl (C=O) groups is 4. The number of fused-ring (bicyclic) bond motifs is 8. The van der Waals surface area contributed by atoms with Gasteiger partial charge in [0, 0.05) is 51.4 Å². The van der Waals surface area contributed by atoms with Crippen molar-refractivity contribution in [3.8, 4) is 23.0 Å². The van der Waals surface area contributed by atoms with Crippen molar-refractivity contribution in [3.05, 3.63) is 115 Å². The molecular weight excluding hydrogens is 1040 g/mol. The van der Waals surface area contributed by atoms with E-state index in [-0.39, 0.29) is 68.3 Å². The zero-order chi connectivity index (χ0) is 56.2. The fourth-order valence-corrected chi connectivity index (χ4v) is 10.1. The Morgan fingerprint density at radius 1 is 0.316 bits per heavy atom. The fourth-order valence-electron chi connectivity index (χ4n) is 9.52. The highest BCUT2D eigenvalue weighted by atomic mass is 35.5. The van der Waals surface area contributed by atoms with Gasteiger partial charge in [-0.05, 0) is 186 Å². The molecule has 0 aliphatic heterocycles. The van der Waals surface area contributed by atoms with Gasteiger partial charge in [-0.3, -0.25) is 19.2 Å². The molecule has 1 aliphatic rings. The van der Waals surface area contributed by atoms with Crippen molar-refractivity contribution >= 4 is 67.4 Å². The predicted molar refractivity (Wildman–Crippen MR) is 313 cm³/mol. The zero-order valence-electron chi connectivity index (χ0n) is 47.5. The second kappa shape index (κ2) is 27.7. The summed E-state index contributed by atoms with van der Waals surface area (Å²) in [6.45, 7) is 28.3. The summed E-state index contributed by atoms with van der Waals surface area (Å²) in [5, 5.41) is -1.46. The van der Waals surface area contributed by atoms with Gasteiger partial charge in [-0.2, -0.15) is 0 Å². The van der Waals surface area contributed by atoms with Crippen molar-refractivity contribution in [2.45, 2.75) is 207 Å². The zero-order valence-corrected chi connectivity index (χ0v) is 50.6. The number of hydrogen-bond donors (Lipinski definition) is 0. The molecule has 12 heteroatoms. The summed E-state index contributed by atoms with van der Waals surface area (Å²) in [6.07, 6.45) is 7.87. The maximum absolute atomic E-state index is 11.9. The van der Waals surface area contributed by atoms with Gasteiger partial charge in [0.1, 0.15) is 23.0 Å². The third-order valence-corrected chi connectivity index (χ3v) is 14.8. The monoisotopic (exact) mass is 1120 g/mol. The summed E-state index contributed by atoms with van der Waals surface area (Å²) >= 11 is 23.3. The van der Waals surface area contributed by atoms with E-state index in [1.54, 1.807) is 0 Å². The van der Waals surface area contributed by atoms with Gasteiger partial charge in [-0.25, -0.2) is 0 Å². The lowest BCUT2D eigenvalue weighted by molar-refractivity contribution is -0.112. The van der Waals surface area contributed by atoms with E-state index in [9.17, 15) is 19.2 Å². The molecule has 0 fully saturated rings. The lowest BCUT2D eigenvalue weighted by Gasteiger charge is -2.29. The Labute approximate surface area is 475 Å². The first-order chi connectivity index (χ1) is 35.5. The van der Waals surface area contributed by atoms with Crippen molar-refractivity contribution in [2.24, 2.45) is 0 Å². The Balaban J connectivity index is 1.95. The lowest BCUT2D eigenvalue weighted by atomic mass is 9.79. The van der Waals surface area contributed by atoms with Gasteiger partial charge in [-0.15, -0.1) is 0 Å². The summed E-state index contributed by atoms with van der Waals surface area (Å²) in [6, 6.07) is 18.3. The molecule has 8 nitrogen and oxygen atoms in total. The van der Waals surface area contributed by atoms with Crippen LogP contribution in [0, 0.1) is 0 Å². The minimum atomic E-state index is -0.365. The SMILES string of the molecule is CC(C)(C)c1cc2c(OCCCCC(=O)Cl)c(c1)Cc1cc(C(C)(C)C)cc(c1OCCCCC(=O)Cl)Cc1cc(C(C)(C)C)cc(c1OCCCCC(=O)Cl)Cc1cc(C(C)(C)C)cc(c1OCCCCC(=O)Cl)C2. The molecule has 0 saturated carbocycles. The van der Waals surface area contributed by atoms with Crippen molar-refractivity contribution < 1.29 is 38.1 Å². The molecule has 0 radical (unpaired) electrons. The third kappa shape index (κ3) is 19.1. The number of benzene rings is 4. The smallest absolute Gasteiger partial charge is 0.221 e. The first kappa shape index (κ1) is 62.8. The van der Waals surface area contributed by atoms with E-state index >= 15 is 0 Å². The predicted octanol–water partition coefficient (Wildman–Crippen LogP) is 16.8. The highest BCUT2D eigenvalue weighted by Crippen LogP contribution is 2.45. The number of hydrogen-bond acceptors (Lipinski definition) is 8. The molecule has 1 aliphatic carbocycles. The molecule has 416 valence electrons. The molecule has 0 amide bonds. The topological polar surface area (TPSA) is 105 Å². The van der Waals surface area contributed by atoms with Crippen molar-refractivity contribution in [1.29, 1.82) is 0 Å². The average Bonchev–Trinajstić information content (AvgIpc) is 3.28. The van der Waals surface area contributed by atoms with Gasteiger partial charge in [0.05, 0.1) is 26.4 Å². The number of halogens is 4. The maximum Gasteiger partial charge on any atom is 0.221 e. The van der Waals surface area contributed by atoms with E-state index < -0.39 is 0 Å². The standard InChI is InChI=1S/C64H84Cl4O8/c1-61(2,3)49-33-41-29-43-35-50(62(4,5)6)37-45(58(43)74-26-18-14-22-54(66)70)31-47-39-52(64(10,11)12)40-48(60(47)76-28-20-16-24-56(68)72)32-46-38-51(63(7,8)9)36-44(59(46)75-27-19-15-23-55(67)71)30-42(34-49)57(41)73-25-17-13-21-53(65)69/h33-40H,13-32H2,1-12H3. The lowest BCUT2D eigenvalue weighted by Crippen LogP contribution is -2.18. The minimum Gasteiger partial charge on any atom is -0.493 e. The highest BCUT2D eigenvalue weighted by molar-refractivity contribution is 6.64. The van der Waals surface area contributed by atoms with Crippen LogP contribution in [0.5, 0.6) is 23.0 Å². The van der Waals surface area contributed by atoms with E-state index in [1.165, 1.54) is 0 Å². The summed E-state index contributed by atoms with van der Waals surface area (Å²) in [5.74, 6) is 3.14. The van der Waals surface area contributed by atoms with Gasteiger partial charge in [0.15, 0.2) is 0 Å². The van der Waals surface area contributed by atoms with Gasteiger partial charge in [-0.1, -0.05) is 132 Å². The molecule has 4 aromatic rings. The first-order valence-electron chi connectivity index (χ1n) is 27.4. The van der Waals surface area contributed by atoms with Gasteiger partial charge < -0.3 is 18.9 Å². The van der Waals surface area contributed by atoms with Crippen LogP contribution in [0.3, 0.4) is 0 Å². The molecule has 0 spiro atoms. The van der Waals surface area contributed by atoms with Gasteiger partial charge in [0.2, 0.25) is 21.0 Å². The largest absolute Gasteiger partial charge is 0.493 e. The molecule has 76 heavy (non-hydrogen) atoms. The summed E-state index contributed by atoms with van der Waals surface area (Å²) in [5.41, 5.74) is 11.7. The van der Waals surface area contributed by atoms with E-state index in [1.807, 2.05) is 0 Å². The second-order valence-electron chi connectivity index (χ2n) is 24.8. The molecule has 0 N–H and O–H groups in total. The van der Waals surface area contributed by atoms with Crippen LogP contribution in [-0.2, 0) is 66.5 Å². The van der Waals surface area contributed by atoms with Crippen LogP contribution >= 0.6 is 46.4 Å². The number of carbonyl (C=O) groups excluding carboxylic acids is 4. The van der Waals surface area contributed by atoms with Crippen LogP contribution in [-0.4, -0.2) is 47.4 Å². The van der Waals surface area contributed by atoms with E-state index in [4.69, 9.17) is 65.4 Å². The van der Waals surface area contributed by atoms with Crippen LogP contribution < -0.4 is 18.9 Å². The molecule has 0 saturated heterocycles. The minimum absolute atomic E-state index is 0.248. The Kier molecular flexibility index (Phi) is 22.9. The van der Waals surface area contributed by atoms with Crippen molar-refractivity contribution in [1.82, 2.24) is 0 Å². The van der Waals surface area contributed by atoms with Crippen LogP contribution in [0.4, 0.5) is 0 Å². The van der Waals surface area contributed by atoms with Crippen LogP contribution in [0.2, 0.25) is 0 Å². The molecule has 8 bridgehead atoms. The number of ether oxygens (including phenoxy) is 4. The van der Waals surface area contributed by atoms with Gasteiger partial charge >= 0.3 is 0 Å². The molecule has 4 aromatic carbocycles. The van der Waals surface area contributed by atoms with Crippen LogP contribution in [0.1, 0.15) is 227 Å². The van der Waals surface area contributed by atoms with E-state index in [2.05, 4.69) is 132 Å². The molecule has 0 heterocycles. The van der Waals surface area contributed by atoms with Crippen LogP contribution in [0.15, 0.2) is 48.5 Å². The number of rotatable bonds is 24. The highest BCUT2D eigenvalue weighted by Gasteiger charge is 2.30. The Hall–Kier alpha value is -4.08. The molecule has 5 rings (SSSR count). The Bertz CT molecular complexity index is 2220. The van der Waals surface area contributed by atoms with Gasteiger partial charge in [0.25, 0.3) is 0 Å². The van der Waals surface area contributed by atoms with Crippen molar-refractivity contribution in [2.75, 3.05) is 26.4 Å². The average molecular weight is 1120 g/mol. The number of unbranched alkanes of at least 4 members (excludes halogenated alkanes) is 4. The third-order valence-electron chi connectivity index (χ3n) is 14.0. The molecule has 0 unspecified atom stereocenters. The Morgan fingerprint density at radius 2 is 0.474 bits per heavy atom. The quantitative estimate of drug-likeness (QED) is 0.0444. The van der Waals surface area contributed by atoms with Crippen molar-refractivity contribution in [3.63, 3.8) is 0 Å². The molecular formula is C64H84Cl4O8. The summed E-state index contributed by atoms with van der Waals surface area (Å²) in [4.78, 5) is 47.4. The fraction of sp³-hybridized carbons (Fsp3) is 0.562. The summed E-state index contributed by atoms with van der Waals surface area (Å²) in [7, 11) is 0. The van der Waals surface area contributed by atoms with Crippen LogP contribution in [0.25, 0.3) is 0 Å². The molecule has 0 atom stereocenters. The van der Waals surface area contributed by atoms with E-state index in [0.717, 1.165) is 89.8 Å². The second-order valence-corrected chi connectivity index (χ2v) is 26.5. The van der Waals surface area contributed by atoms with E-state index in [0.29, 0.717) is 103 Å².